The molecule has 4 rings (SSSR count). The van der Waals surface area contributed by atoms with Crippen LogP contribution in [0.4, 0.5) is 0 Å². The number of pyridine rings is 1. The van der Waals surface area contributed by atoms with Crippen molar-refractivity contribution in [2.75, 3.05) is 32.9 Å². The van der Waals surface area contributed by atoms with Crippen molar-refractivity contribution in [2.45, 2.75) is 26.6 Å². The summed E-state index contributed by atoms with van der Waals surface area (Å²) in [6.45, 7) is 6.68. The third-order valence-electron chi connectivity index (χ3n) is 5.70. The number of aromatic amines is 1. The van der Waals surface area contributed by atoms with Gasteiger partial charge in [-0.25, -0.2) is 0 Å². The Morgan fingerprint density at radius 2 is 1.88 bits per heavy atom. The van der Waals surface area contributed by atoms with Crippen LogP contribution < -0.4 is 10.7 Å². The highest BCUT2D eigenvalue weighted by Crippen LogP contribution is 2.17. The Labute approximate surface area is 197 Å². The Balaban J connectivity index is 1.63. The first kappa shape index (κ1) is 23.4. The number of ether oxygens (including phenoxy) is 2. The molecule has 1 amide bonds. The monoisotopic (exact) mass is 469 g/mol. The molecular weight excluding hydrogens is 442 g/mol. The summed E-state index contributed by atoms with van der Waals surface area (Å²) >= 11 is 5.93. The fourth-order valence-electron chi connectivity index (χ4n) is 3.93. The Bertz CT molecular complexity index is 1170. The predicted octanol–water partition coefficient (Wildman–Crippen LogP) is 3.48. The smallest absolute Gasteiger partial charge is 0.257 e. The van der Waals surface area contributed by atoms with E-state index in [1.54, 1.807) is 12.1 Å². The summed E-state index contributed by atoms with van der Waals surface area (Å²) in [4.78, 5) is 32.1. The molecule has 2 N–H and O–H groups in total. The number of H-pyrrole nitrogens is 1. The van der Waals surface area contributed by atoms with Crippen molar-refractivity contribution in [1.82, 2.24) is 15.2 Å². The number of rotatable bonds is 8. The van der Waals surface area contributed by atoms with Gasteiger partial charge >= 0.3 is 0 Å². The van der Waals surface area contributed by atoms with Gasteiger partial charge in [0.1, 0.15) is 5.56 Å². The summed E-state index contributed by atoms with van der Waals surface area (Å²) in [5, 5.41) is 3.98. The number of nitrogens with zero attached hydrogens (tertiary/aromatic N) is 1. The number of hydrogen-bond donors (Lipinski definition) is 2. The van der Waals surface area contributed by atoms with E-state index in [-0.39, 0.29) is 17.6 Å². The van der Waals surface area contributed by atoms with Crippen LogP contribution in [0.15, 0.2) is 47.3 Å². The van der Waals surface area contributed by atoms with Crippen LogP contribution in [0, 0.1) is 0 Å². The molecule has 1 aliphatic heterocycles. The summed E-state index contributed by atoms with van der Waals surface area (Å²) in [7, 11) is 0. The second-order valence-electron chi connectivity index (χ2n) is 8.02. The fraction of sp³-hybridized carbons (Fsp3) is 0.360. The van der Waals surface area contributed by atoms with Crippen LogP contribution in [0.3, 0.4) is 0 Å². The Morgan fingerprint density at radius 1 is 1.15 bits per heavy atom. The van der Waals surface area contributed by atoms with Crippen LogP contribution in [-0.4, -0.2) is 48.7 Å². The number of hydrogen-bond acceptors (Lipinski definition) is 5. The Hall–Kier alpha value is -2.71. The molecule has 3 aromatic rings. The summed E-state index contributed by atoms with van der Waals surface area (Å²) in [5.74, 6) is -0.429. The van der Waals surface area contributed by atoms with Crippen molar-refractivity contribution in [3.8, 4) is 0 Å². The van der Waals surface area contributed by atoms with Crippen LogP contribution in [-0.2, 0) is 29.2 Å². The van der Waals surface area contributed by atoms with Gasteiger partial charge in [0.05, 0.1) is 25.5 Å². The molecule has 2 heterocycles. The number of nitrogens with one attached hydrogen (secondary N) is 2. The maximum absolute atomic E-state index is 13.5. The average Bonchev–Trinajstić information content (AvgIpc) is 2.83. The lowest BCUT2D eigenvalue weighted by Gasteiger charge is -2.26. The van der Waals surface area contributed by atoms with Gasteiger partial charge in [0, 0.05) is 48.7 Å². The lowest BCUT2D eigenvalue weighted by molar-refractivity contribution is 0.0342. The van der Waals surface area contributed by atoms with Gasteiger partial charge in [-0.1, -0.05) is 29.8 Å². The summed E-state index contributed by atoms with van der Waals surface area (Å²) < 4.78 is 10.9. The van der Waals surface area contributed by atoms with Gasteiger partial charge in [-0.3, -0.25) is 14.5 Å². The van der Waals surface area contributed by atoms with E-state index in [0.717, 1.165) is 30.8 Å². The van der Waals surface area contributed by atoms with Gasteiger partial charge in [-0.2, -0.15) is 0 Å². The first-order valence-electron chi connectivity index (χ1n) is 11.1. The lowest BCUT2D eigenvalue weighted by atomic mass is 10.0. The van der Waals surface area contributed by atoms with Crippen molar-refractivity contribution < 1.29 is 14.3 Å². The van der Waals surface area contributed by atoms with Crippen molar-refractivity contribution in [1.29, 1.82) is 0 Å². The molecule has 1 aliphatic rings. The van der Waals surface area contributed by atoms with Crippen molar-refractivity contribution in [3.63, 3.8) is 0 Å². The topological polar surface area (TPSA) is 83.7 Å². The second-order valence-corrected chi connectivity index (χ2v) is 8.46. The molecule has 0 radical (unpaired) electrons. The molecule has 0 aliphatic carbocycles. The standard InChI is InChI=1S/C25H28ClN3O4/c1-2-32-16-22-23(25(31)27-14-17-3-6-19(26)7-4-17)24(30)20-13-18(5-8-21(20)28-22)15-29-9-11-33-12-10-29/h3-8,13H,2,9-12,14-16H2,1H3,(H,27,31)(H,28,30). The van der Waals surface area contributed by atoms with Crippen LogP contribution in [0.25, 0.3) is 10.9 Å². The molecule has 0 spiro atoms. The summed E-state index contributed by atoms with van der Waals surface area (Å²) in [6, 6.07) is 13.0. The van der Waals surface area contributed by atoms with Gasteiger partial charge < -0.3 is 19.8 Å². The minimum absolute atomic E-state index is 0.0911. The van der Waals surface area contributed by atoms with E-state index in [9.17, 15) is 9.59 Å². The Kier molecular flexibility index (Phi) is 7.77. The number of morpholine rings is 1. The van der Waals surface area contributed by atoms with E-state index in [1.165, 1.54) is 0 Å². The van der Waals surface area contributed by atoms with E-state index in [4.69, 9.17) is 21.1 Å². The minimum Gasteiger partial charge on any atom is -0.379 e. The zero-order valence-corrected chi connectivity index (χ0v) is 19.4. The van der Waals surface area contributed by atoms with Gasteiger partial charge in [-0.05, 0) is 42.3 Å². The normalized spacial score (nSPS) is 14.5. The quantitative estimate of drug-likeness (QED) is 0.527. The minimum atomic E-state index is -0.429. The second kappa shape index (κ2) is 10.9. The first-order chi connectivity index (χ1) is 16.0. The van der Waals surface area contributed by atoms with Gasteiger partial charge in [0.25, 0.3) is 5.91 Å². The van der Waals surface area contributed by atoms with Crippen LogP contribution in [0.5, 0.6) is 0 Å². The molecule has 174 valence electrons. The highest BCUT2D eigenvalue weighted by atomic mass is 35.5. The molecule has 0 bridgehead atoms. The largest absolute Gasteiger partial charge is 0.379 e. The number of carbonyl (C=O) groups is 1. The van der Waals surface area contributed by atoms with Crippen molar-refractivity contribution in [3.05, 3.63) is 80.1 Å². The molecule has 1 aromatic heterocycles. The number of benzene rings is 2. The van der Waals surface area contributed by atoms with E-state index in [1.807, 2.05) is 37.3 Å². The number of halogens is 1. The molecule has 1 fully saturated rings. The van der Waals surface area contributed by atoms with Crippen LogP contribution >= 0.6 is 11.6 Å². The van der Waals surface area contributed by atoms with E-state index >= 15 is 0 Å². The molecule has 2 aromatic carbocycles. The zero-order valence-electron chi connectivity index (χ0n) is 18.7. The third kappa shape index (κ3) is 5.81. The molecule has 0 unspecified atom stereocenters. The zero-order chi connectivity index (χ0) is 23.2. The maximum atomic E-state index is 13.5. The highest BCUT2D eigenvalue weighted by molar-refractivity contribution is 6.30. The predicted molar refractivity (Wildman–Crippen MR) is 129 cm³/mol. The lowest BCUT2D eigenvalue weighted by Crippen LogP contribution is -2.35. The average molecular weight is 470 g/mol. The van der Waals surface area contributed by atoms with E-state index < -0.39 is 5.91 Å². The third-order valence-corrected chi connectivity index (χ3v) is 5.95. The number of amides is 1. The molecule has 7 nitrogen and oxygen atoms in total. The summed E-state index contributed by atoms with van der Waals surface area (Å²) in [6.07, 6.45) is 0. The summed E-state index contributed by atoms with van der Waals surface area (Å²) in [5.41, 5.74) is 2.88. The maximum Gasteiger partial charge on any atom is 0.257 e. The SMILES string of the molecule is CCOCc1[nH]c2ccc(CN3CCOCC3)cc2c(=O)c1C(=O)NCc1ccc(Cl)cc1. The number of carbonyl (C=O) groups excluding carboxylic acids is 1. The van der Waals surface area contributed by atoms with Crippen LogP contribution in [0.2, 0.25) is 5.02 Å². The number of fused-ring (bicyclic) bond motifs is 1. The van der Waals surface area contributed by atoms with Crippen LogP contribution in [0.1, 0.15) is 34.1 Å². The molecule has 8 heteroatoms. The number of aromatic nitrogens is 1. The first-order valence-corrected chi connectivity index (χ1v) is 11.5. The highest BCUT2D eigenvalue weighted by Gasteiger charge is 2.20. The molecule has 0 atom stereocenters. The molecule has 1 saturated heterocycles. The molecular formula is C25H28ClN3O4. The molecule has 0 saturated carbocycles. The fourth-order valence-corrected chi connectivity index (χ4v) is 4.05. The van der Waals surface area contributed by atoms with Crippen molar-refractivity contribution in [2.24, 2.45) is 0 Å². The van der Waals surface area contributed by atoms with E-state index in [0.29, 0.717) is 48.0 Å². The van der Waals surface area contributed by atoms with Gasteiger partial charge in [0.2, 0.25) is 5.43 Å². The van der Waals surface area contributed by atoms with E-state index in [2.05, 4.69) is 15.2 Å². The Morgan fingerprint density at radius 3 is 2.61 bits per heavy atom. The van der Waals surface area contributed by atoms with Gasteiger partial charge in [0.15, 0.2) is 0 Å². The van der Waals surface area contributed by atoms with Gasteiger partial charge in [-0.15, -0.1) is 0 Å². The molecule has 33 heavy (non-hydrogen) atoms. The van der Waals surface area contributed by atoms with Crippen molar-refractivity contribution >= 4 is 28.4 Å².